The van der Waals surface area contributed by atoms with Gasteiger partial charge in [0, 0.05) is 36.0 Å². The summed E-state index contributed by atoms with van der Waals surface area (Å²) in [6.07, 6.45) is 6.59. The van der Waals surface area contributed by atoms with E-state index >= 15 is 0 Å². The SMILES string of the molecule is CCN(CC)c1ccc(C(=O)NN=C2CC3CC=CC23)cc1. The van der Waals surface area contributed by atoms with Gasteiger partial charge in [-0.05, 0) is 56.9 Å². The van der Waals surface area contributed by atoms with Crippen LogP contribution in [0.15, 0.2) is 41.5 Å². The lowest BCUT2D eigenvalue weighted by Gasteiger charge is -2.31. The molecule has 4 heteroatoms. The van der Waals surface area contributed by atoms with Crippen LogP contribution in [0.5, 0.6) is 0 Å². The lowest BCUT2D eigenvalue weighted by atomic mass is 9.74. The molecule has 4 nitrogen and oxygen atoms in total. The fourth-order valence-corrected chi connectivity index (χ4v) is 3.26. The molecule has 3 rings (SSSR count). The van der Waals surface area contributed by atoms with Gasteiger partial charge in [-0.3, -0.25) is 4.79 Å². The van der Waals surface area contributed by atoms with E-state index in [0.29, 0.717) is 11.5 Å². The maximum atomic E-state index is 12.2. The van der Waals surface area contributed by atoms with Gasteiger partial charge in [0.05, 0.1) is 0 Å². The first-order chi connectivity index (χ1) is 10.7. The van der Waals surface area contributed by atoms with E-state index in [0.717, 1.165) is 43.2 Å². The van der Waals surface area contributed by atoms with E-state index < -0.39 is 0 Å². The Morgan fingerprint density at radius 1 is 1.27 bits per heavy atom. The number of hydrazone groups is 1. The van der Waals surface area contributed by atoms with Crippen molar-refractivity contribution in [2.75, 3.05) is 18.0 Å². The summed E-state index contributed by atoms with van der Waals surface area (Å²) in [5, 5.41) is 4.29. The summed E-state index contributed by atoms with van der Waals surface area (Å²) in [5.41, 5.74) is 5.59. The molecule has 0 saturated heterocycles. The molecule has 2 aliphatic carbocycles. The number of hydrogen-bond donors (Lipinski definition) is 1. The van der Waals surface area contributed by atoms with Crippen LogP contribution < -0.4 is 10.3 Å². The second kappa shape index (κ2) is 6.34. The first-order valence-electron chi connectivity index (χ1n) is 8.11. The molecule has 116 valence electrons. The van der Waals surface area contributed by atoms with E-state index in [1.165, 1.54) is 0 Å². The number of amides is 1. The van der Waals surface area contributed by atoms with Crippen molar-refractivity contribution >= 4 is 17.3 Å². The number of carbonyl (C=O) groups is 1. The topological polar surface area (TPSA) is 44.7 Å². The van der Waals surface area contributed by atoms with Crippen molar-refractivity contribution in [2.45, 2.75) is 26.7 Å². The molecule has 2 aliphatic rings. The molecule has 2 atom stereocenters. The number of rotatable bonds is 5. The van der Waals surface area contributed by atoms with Gasteiger partial charge in [0.25, 0.3) is 5.91 Å². The Morgan fingerprint density at radius 2 is 2.00 bits per heavy atom. The molecule has 0 bridgehead atoms. The summed E-state index contributed by atoms with van der Waals surface area (Å²) in [6.45, 7) is 6.19. The smallest absolute Gasteiger partial charge is 0.271 e. The van der Waals surface area contributed by atoms with E-state index in [9.17, 15) is 4.79 Å². The Kier molecular flexibility index (Phi) is 4.27. The molecule has 1 N–H and O–H groups in total. The van der Waals surface area contributed by atoms with Gasteiger partial charge in [-0.2, -0.15) is 5.10 Å². The molecule has 22 heavy (non-hydrogen) atoms. The second-order valence-electron chi connectivity index (χ2n) is 5.92. The first kappa shape index (κ1) is 14.8. The summed E-state index contributed by atoms with van der Waals surface area (Å²) in [7, 11) is 0. The minimum absolute atomic E-state index is 0.135. The van der Waals surface area contributed by atoms with Crippen molar-refractivity contribution in [3.63, 3.8) is 0 Å². The Labute approximate surface area is 131 Å². The van der Waals surface area contributed by atoms with Gasteiger partial charge >= 0.3 is 0 Å². The Bertz CT molecular complexity index is 599. The molecule has 1 aromatic rings. The monoisotopic (exact) mass is 297 g/mol. The van der Waals surface area contributed by atoms with Crippen LogP contribution in [0.25, 0.3) is 0 Å². The molecule has 1 saturated carbocycles. The fourth-order valence-electron chi connectivity index (χ4n) is 3.26. The highest BCUT2D eigenvalue weighted by molar-refractivity contribution is 5.98. The average Bonchev–Trinajstić information content (AvgIpc) is 2.90. The molecule has 0 spiro atoms. The second-order valence-corrected chi connectivity index (χ2v) is 5.92. The Morgan fingerprint density at radius 3 is 2.64 bits per heavy atom. The van der Waals surface area contributed by atoms with Gasteiger partial charge in [0.2, 0.25) is 0 Å². The quantitative estimate of drug-likeness (QED) is 0.670. The summed E-state index contributed by atoms with van der Waals surface area (Å²) >= 11 is 0. The molecule has 2 unspecified atom stereocenters. The highest BCUT2D eigenvalue weighted by Crippen LogP contribution is 2.40. The van der Waals surface area contributed by atoms with Gasteiger partial charge in [-0.1, -0.05) is 12.2 Å². The van der Waals surface area contributed by atoms with E-state index in [1.54, 1.807) is 0 Å². The standard InChI is InChI=1S/C18H23N3O/c1-3-21(4-2)15-10-8-13(9-11-15)18(22)20-19-17-12-14-6-5-7-16(14)17/h5,7-11,14,16H,3-4,6,12H2,1-2H3,(H,20,22). The highest BCUT2D eigenvalue weighted by Gasteiger charge is 2.37. The minimum Gasteiger partial charge on any atom is -0.372 e. The zero-order valence-electron chi connectivity index (χ0n) is 13.2. The van der Waals surface area contributed by atoms with Crippen molar-refractivity contribution < 1.29 is 4.79 Å². The zero-order chi connectivity index (χ0) is 15.5. The molecule has 0 aliphatic heterocycles. The van der Waals surface area contributed by atoms with Crippen LogP contribution in [-0.2, 0) is 0 Å². The largest absolute Gasteiger partial charge is 0.372 e. The summed E-state index contributed by atoms with van der Waals surface area (Å²) < 4.78 is 0. The van der Waals surface area contributed by atoms with Crippen molar-refractivity contribution in [3.8, 4) is 0 Å². The Hall–Kier alpha value is -2.10. The van der Waals surface area contributed by atoms with Crippen LogP contribution in [0.4, 0.5) is 5.69 Å². The van der Waals surface area contributed by atoms with Crippen molar-refractivity contribution in [3.05, 3.63) is 42.0 Å². The van der Waals surface area contributed by atoms with E-state index in [2.05, 4.69) is 41.4 Å². The molecule has 1 aromatic carbocycles. The third-order valence-electron chi connectivity index (χ3n) is 4.71. The van der Waals surface area contributed by atoms with E-state index in [-0.39, 0.29) is 5.91 Å². The number of allylic oxidation sites excluding steroid dienone is 2. The maximum Gasteiger partial charge on any atom is 0.271 e. The molecule has 0 aromatic heterocycles. The highest BCUT2D eigenvalue weighted by atomic mass is 16.2. The molecule has 1 fully saturated rings. The summed E-state index contributed by atoms with van der Waals surface area (Å²) in [4.78, 5) is 14.4. The third-order valence-corrected chi connectivity index (χ3v) is 4.71. The van der Waals surface area contributed by atoms with Gasteiger partial charge < -0.3 is 4.90 Å². The minimum atomic E-state index is -0.135. The van der Waals surface area contributed by atoms with E-state index in [4.69, 9.17) is 0 Å². The molecular weight excluding hydrogens is 274 g/mol. The number of hydrogen-bond acceptors (Lipinski definition) is 3. The maximum absolute atomic E-state index is 12.2. The number of benzene rings is 1. The van der Waals surface area contributed by atoms with Gasteiger partial charge in [0.15, 0.2) is 0 Å². The van der Waals surface area contributed by atoms with Crippen LogP contribution in [0.2, 0.25) is 0 Å². The van der Waals surface area contributed by atoms with Gasteiger partial charge in [-0.15, -0.1) is 0 Å². The zero-order valence-corrected chi connectivity index (χ0v) is 13.2. The van der Waals surface area contributed by atoms with Gasteiger partial charge in [-0.25, -0.2) is 5.43 Å². The number of nitrogens with zero attached hydrogens (tertiary/aromatic N) is 2. The molecule has 1 amide bonds. The van der Waals surface area contributed by atoms with E-state index in [1.807, 2.05) is 24.3 Å². The lowest BCUT2D eigenvalue weighted by molar-refractivity contribution is 0.0954. The van der Waals surface area contributed by atoms with Crippen LogP contribution >= 0.6 is 0 Å². The van der Waals surface area contributed by atoms with Crippen LogP contribution in [-0.4, -0.2) is 24.7 Å². The molecule has 0 heterocycles. The summed E-state index contributed by atoms with van der Waals surface area (Å²) in [5.74, 6) is 1.05. The van der Waals surface area contributed by atoms with Crippen LogP contribution in [0, 0.1) is 11.8 Å². The molecular formula is C18H23N3O. The van der Waals surface area contributed by atoms with Crippen molar-refractivity contribution in [1.82, 2.24) is 5.43 Å². The summed E-state index contributed by atoms with van der Waals surface area (Å²) in [6, 6.07) is 7.72. The third kappa shape index (κ3) is 2.78. The Balaban J connectivity index is 1.61. The lowest BCUT2D eigenvalue weighted by Crippen LogP contribution is -2.35. The van der Waals surface area contributed by atoms with Crippen molar-refractivity contribution in [2.24, 2.45) is 16.9 Å². The molecule has 0 radical (unpaired) electrons. The number of fused-ring (bicyclic) bond motifs is 1. The number of nitrogens with one attached hydrogen (secondary N) is 1. The fraction of sp³-hybridized carbons (Fsp3) is 0.444. The predicted molar refractivity (Wildman–Crippen MR) is 90.3 cm³/mol. The first-order valence-corrected chi connectivity index (χ1v) is 8.11. The number of anilines is 1. The number of carbonyl (C=O) groups excluding carboxylic acids is 1. The van der Waals surface area contributed by atoms with Crippen LogP contribution in [0.3, 0.4) is 0 Å². The van der Waals surface area contributed by atoms with Crippen molar-refractivity contribution in [1.29, 1.82) is 0 Å². The normalized spacial score (nSPS) is 24.0. The van der Waals surface area contributed by atoms with Gasteiger partial charge in [0.1, 0.15) is 0 Å². The predicted octanol–water partition coefficient (Wildman–Crippen LogP) is 3.21. The average molecular weight is 297 g/mol. The van der Waals surface area contributed by atoms with Crippen LogP contribution in [0.1, 0.15) is 37.0 Å².